The van der Waals surface area contributed by atoms with Crippen LogP contribution in [0.2, 0.25) is 0 Å². The molecule has 0 radical (unpaired) electrons. The van der Waals surface area contributed by atoms with Gasteiger partial charge < -0.3 is 14.2 Å². The van der Waals surface area contributed by atoms with Crippen molar-refractivity contribution in [2.75, 3.05) is 13.2 Å². The molecular formula is C16H25O6P. The van der Waals surface area contributed by atoms with Crippen molar-refractivity contribution in [3.05, 3.63) is 0 Å². The minimum absolute atomic E-state index is 0.00605. The first-order valence-electron chi connectivity index (χ1n) is 7.80. The summed E-state index contributed by atoms with van der Waals surface area (Å²) in [6.07, 6.45) is 0.193. The third-order valence-corrected chi connectivity index (χ3v) is 6.39. The maximum atomic E-state index is 12.5. The van der Waals surface area contributed by atoms with E-state index >= 15 is 0 Å². The number of hydrogen-bond acceptors (Lipinski definition) is 6. The van der Waals surface area contributed by atoms with Crippen LogP contribution >= 0.6 is 8.58 Å². The van der Waals surface area contributed by atoms with Crippen molar-refractivity contribution in [3.63, 3.8) is 0 Å². The van der Waals surface area contributed by atoms with Gasteiger partial charge in [0.05, 0.1) is 11.8 Å². The molecule has 0 aliphatic carbocycles. The van der Waals surface area contributed by atoms with E-state index in [0.717, 1.165) is 0 Å². The van der Waals surface area contributed by atoms with Gasteiger partial charge in [0.15, 0.2) is 6.61 Å². The standard InChI is InChI=1S/C16H25O6P/c1-14(2,3)9-16(15(4,5)23-16)13(19)21-8-11(17)22-10-6-7-20-12(10)18/h10,23H,6-9H2,1-5H3. The summed E-state index contributed by atoms with van der Waals surface area (Å²) in [7, 11) is 0.480. The minimum atomic E-state index is -0.871. The number of cyclic esters (lactones) is 1. The first kappa shape index (κ1) is 18.2. The molecule has 130 valence electrons. The first-order chi connectivity index (χ1) is 10.5. The lowest BCUT2D eigenvalue weighted by molar-refractivity contribution is -0.167. The summed E-state index contributed by atoms with van der Waals surface area (Å²) < 4.78 is 14.9. The van der Waals surface area contributed by atoms with Crippen molar-refractivity contribution in [3.8, 4) is 0 Å². The second-order valence-corrected chi connectivity index (χ2v) is 10.3. The second-order valence-electron chi connectivity index (χ2n) is 7.90. The van der Waals surface area contributed by atoms with Gasteiger partial charge in [-0.05, 0) is 11.8 Å². The summed E-state index contributed by atoms with van der Waals surface area (Å²) in [5.74, 6) is -1.60. The van der Waals surface area contributed by atoms with E-state index in [0.29, 0.717) is 21.4 Å². The third kappa shape index (κ3) is 4.03. The van der Waals surface area contributed by atoms with E-state index in [1.807, 2.05) is 13.8 Å². The minimum Gasteiger partial charge on any atom is -0.463 e. The van der Waals surface area contributed by atoms with Gasteiger partial charge in [-0.15, -0.1) is 0 Å². The Bertz CT molecular complexity index is 521. The molecule has 2 rings (SSSR count). The van der Waals surface area contributed by atoms with E-state index in [2.05, 4.69) is 20.8 Å². The predicted molar refractivity (Wildman–Crippen MR) is 85.6 cm³/mol. The van der Waals surface area contributed by atoms with Crippen LogP contribution in [0.25, 0.3) is 0 Å². The van der Waals surface area contributed by atoms with E-state index in [1.165, 1.54) is 0 Å². The molecular weight excluding hydrogens is 319 g/mol. The van der Waals surface area contributed by atoms with Crippen LogP contribution in [0.1, 0.15) is 47.5 Å². The van der Waals surface area contributed by atoms with Crippen molar-refractivity contribution in [2.45, 2.75) is 63.9 Å². The Hall–Kier alpha value is -1.16. The molecule has 0 bridgehead atoms. The highest BCUT2D eigenvalue weighted by Crippen LogP contribution is 2.73. The highest BCUT2D eigenvalue weighted by molar-refractivity contribution is 7.53. The summed E-state index contributed by atoms with van der Waals surface area (Å²) in [6, 6.07) is 0. The lowest BCUT2D eigenvalue weighted by atomic mass is 9.80. The zero-order chi connectivity index (χ0) is 17.5. The average Bonchev–Trinajstić information content (AvgIpc) is 2.73. The first-order valence-corrected chi connectivity index (χ1v) is 8.80. The van der Waals surface area contributed by atoms with E-state index in [4.69, 9.17) is 14.2 Å². The SMILES string of the molecule is CC(C)(C)CC1(C(=O)OCC(=O)OC2CCOC2=O)PC1(C)C. The molecule has 2 aliphatic heterocycles. The van der Waals surface area contributed by atoms with E-state index < -0.39 is 29.8 Å². The fourth-order valence-electron chi connectivity index (χ4n) is 2.97. The smallest absolute Gasteiger partial charge is 0.347 e. The molecule has 0 aromatic rings. The normalized spacial score (nSPS) is 30.0. The van der Waals surface area contributed by atoms with Crippen molar-refractivity contribution < 1.29 is 28.6 Å². The topological polar surface area (TPSA) is 78.9 Å². The van der Waals surface area contributed by atoms with Gasteiger partial charge in [0.1, 0.15) is 0 Å². The van der Waals surface area contributed by atoms with Crippen molar-refractivity contribution in [2.24, 2.45) is 5.41 Å². The molecule has 23 heavy (non-hydrogen) atoms. The molecule has 0 saturated carbocycles. The Kier molecular flexibility index (Phi) is 4.78. The van der Waals surface area contributed by atoms with Crippen LogP contribution in [0.5, 0.6) is 0 Å². The molecule has 2 saturated heterocycles. The lowest BCUT2D eigenvalue weighted by Gasteiger charge is -2.26. The quantitative estimate of drug-likeness (QED) is 0.431. The van der Waals surface area contributed by atoms with Gasteiger partial charge >= 0.3 is 17.9 Å². The number of ether oxygens (including phenoxy) is 3. The summed E-state index contributed by atoms with van der Waals surface area (Å²) in [5.41, 5.74) is -0.00605. The highest BCUT2D eigenvalue weighted by atomic mass is 31.1. The summed E-state index contributed by atoms with van der Waals surface area (Å²) in [4.78, 5) is 35.5. The molecule has 6 nitrogen and oxygen atoms in total. The zero-order valence-electron chi connectivity index (χ0n) is 14.4. The summed E-state index contributed by atoms with van der Waals surface area (Å²) >= 11 is 0. The molecule has 0 aromatic heterocycles. The van der Waals surface area contributed by atoms with Crippen LogP contribution in [0.15, 0.2) is 0 Å². The van der Waals surface area contributed by atoms with Gasteiger partial charge in [0.25, 0.3) is 0 Å². The molecule has 7 heteroatoms. The average molecular weight is 344 g/mol. The van der Waals surface area contributed by atoms with E-state index in [-0.39, 0.29) is 23.1 Å². The Morgan fingerprint density at radius 1 is 1.35 bits per heavy atom. The molecule has 2 aliphatic rings. The van der Waals surface area contributed by atoms with Gasteiger partial charge in [0, 0.05) is 11.6 Å². The van der Waals surface area contributed by atoms with Crippen LogP contribution < -0.4 is 0 Å². The van der Waals surface area contributed by atoms with Gasteiger partial charge in [-0.25, -0.2) is 9.59 Å². The van der Waals surface area contributed by atoms with Crippen LogP contribution in [-0.4, -0.2) is 47.5 Å². The Balaban J connectivity index is 1.88. The van der Waals surface area contributed by atoms with E-state index in [1.54, 1.807) is 0 Å². The summed E-state index contributed by atoms with van der Waals surface area (Å²) in [6.45, 7) is 10.1. The number of carbonyl (C=O) groups excluding carboxylic acids is 3. The van der Waals surface area contributed by atoms with Gasteiger partial charge in [-0.2, -0.15) is 0 Å². The number of hydrogen-bond donors (Lipinski definition) is 0. The van der Waals surface area contributed by atoms with Crippen molar-refractivity contribution in [1.29, 1.82) is 0 Å². The monoisotopic (exact) mass is 344 g/mol. The molecule has 2 fully saturated rings. The number of esters is 3. The second kappa shape index (κ2) is 6.04. The highest BCUT2D eigenvalue weighted by Gasteiger charge is 2.68. The van der Waals surface area contributed by atoms with Gasteiger partial charge in [-0.1, -0.05) is 43.2 Å². The van der Waals surface area contributed by atoms with Crippen LogP contribution in [0.4, 0.5) is 0 Å². The predicted octanol–water partition coefficient (Wildman–Crippen LogP) is 2.03. The van der Waals surface area contributed by atoms with Crippen molar-refractivity contribution in [1.82, 2.24) is 0 Å². The number of rotatable bonds is 5. The Labute approximate surface area is 138 Å². The molecule has 0 amide bonds. The van der Waals surface area contributed by atoms with Crippen LogP contribution in [-0.2, 0) is 28.6 Å². The summed E-state index contributed by atoms with van der Waals surface area (Å²) in [5, 5.41) is -0.617. The fourth-order valence-corrected chi connectivity index (χ4v) is 4.95. The molecule has 2 heterocycles. The van der Waals surface area contributed by atoms with Crippen LogP contribution in [0.3, 0.4) is 0 Å². The maximum absolute atomic E-state index is 12.5. The molecule has 3 atom stereocenters. The lowest BCUT2D eigenvalue weighted by Crippen LogP contribution is -2.37. The fraction of sp³-hybridized carbons (Fsp3) is 0.812. The van der Waals surface area contributed by atoms with E-state index in [9.17, 15) is 14.4 Å². The molecule has 0 spiro atoms. The molecule has 0 aromatic carbocycles. The third-order valence-electron chi connectivity index (χ3n) is 4.16. The van der Waals surface area contributed by atoms with Gasteiger partial charge in [-0.3, -0.25) is 4.79 Å². The molecule has 0 N–H and O–H groups in total. The maximum Gasteiger partial charge on any atom is 0.347 e. The largest absolute Gasteiger partial charge is 0.463 e. The zero-order valence-corrected chi connectivity index (χ0v) is 15.4. The van der Waals surface area contributed by atoms with Gasteiger partial charge in [0.2, 0.25) is 6.10 Å². The Morgan fingerprint density at radius 3 is 2.39 bits per heavy atom. The Morgan fingerprint density at radius 2 is 1.96 bits per heavy atom. The number of carbonyl (C=O) groups is 3. The molecule has 3 unspecified atom stereocenters. The van der Waals surface area contributed by atoms with Crippen LogP contribution in [0, 0.1) is 5.41 Å². The van der Waals surface area contributed by atoms with Crippen molar-refractivity contribution >= 4 is 26.5 Å².